The van der Waals surface area contributed by atoms with E-state index in [0.717, 1.165) is 41.8 Å². The number of rotatable bonds is 3. The first-order valence-electron chi connectivity index (χ1n) is 7.24. The molecule has 0 aromatic carbocycles. The summed E-state index contributed by atoms with van der Waals surface area (Å²) in [5.41, 5.74) is 0.878. The Balaban J connectivity index is 1.45. The molecule has 0 bridgehead atoms. The van der Waals surface area contributed by atoms with Gasteiger partial charge >= 0.3 is 0 Å². The van der Waals surface area contributed by atoms with Gasteiger partial charge in [0, 0.05) is 19.3 Å². The Labute approximate surface area is 131 Å². The van der Waals surface area contributed by atoms with Gasteiger partial charge in [-0.15, -0.1) is 10.2 Å². The van der Waals surface area contributed by atoms with Crippen LogP contribution in [0.1, 0.15) is 18.9 Å². The van der Waals surface area contributed by atoms with E-state index >= 15 is 0 Å². The maximum Gasteiger partial charge on any atom is 0.208 e. The van der Waals surface area contributed by atoms with E-state index in [9.17, 15) is 0 Å². The third-order valence-electron chi connectivity index (χ3n) is 3.84. The summed E-state index contributed by atoms with van der Waals surface area (Å²) >= 11 is 1.60. The Morgan fingerprint density at radius 3 is 2.77 bits per heavy atom. The summed E-state index contributed by atoms with van der Waals surface area (Å²) in [7, 11) is 0. The first kappa shape index (κ1) is 13.3. The van der Waals surface area contributed by atoms with Gasteiger partial charge < -0.3 is 4.90 Å². The van der Waals surface area contributed by atoms with Gasteiger partial charge in [-0.2, -0.15) is 5.10 Å². The molecule has 112 valence electrons. The van der Waals surface area contributed by atoms with E-state index in [2.05, 4.69) is 30.2 Å². The fourth-order valence-electron chi connectivity index (χ4n) is 2.66. The predicted octanol–water partition coefficient (Wildman–Crippen LogP) is 2.03. The monoisotopic (exact) mass is 313 g/mol. The molecule has 0 N–H and O–H groups in total. The van der Waals surface area contributed by atoms with Crippen molar-refractivity contribution in [1.29, 1.82) is 0 Å². The first-order valence-corrected chi connectivity index (χ1v) is 8.06. The highest BCUT2D eigenvalue weighted by Crippen LogP contribution is 2.31. The van der Waals surface area contributed by atoms with Crippen LogP contribution < -0.4 is 4.90 Å². The van der Waals surface area contributed by atoms with Gasteiger partial charge in [-0.05, 0) is 25.0 Å². The van der Waals surface area contributed by atoms with Crippen molar-refractivity contribution >= 4 is 16.5 Å². The van der Waals surface area contributed by atoms with Crippen molar-refractivity contribution in [2.45, 2.75) is 18.9 Å². The van der Waals surface area contributed by atoms with Gasteiger partial charge in [0.05, 0.1) is 6.04 Å². The maximum absolute atomic E-state index is 4.32. The molecule has 1 aliphatic heterocycles. The fraction of sp³-hybridized carbons (Fsp3) is 0.357. The van der Waals surface area contributed by atoms with E-state index in [1.54, 1.807) is 30.2 Å². The zero-order chi connectivity index (χ0) is 14.8. The number of nitrogens with zero attached hydrogens (tertiary/aromatic N) is 7. The standard InChI is InChI=1S/C14H15N7S/c1-2-6-16-12(3-1)13-18-19-14(22-13)20-7-4-11(5-8-20)21-10-15-9-17-21/h1-3,6,9-11H,4-5,7-8H2. The highest BCUT2D eigenvalue weighted by molar-refractivity contribution is 7.18. The van der Waals surface area contributed by atoms with E-state index in [0.29, 0.717) is 6.04 Å². The molecule has 4 rings (SSSR count). The second kappa shape index (κ2) is 5.80. The van der Waals surface area contributed by atoms with Crippen molar-refractivity contribution in [3.8, 4) is 10.7 Å². The lowest BCUT2D eigenvalue weighted by Gasteiger charge is -2.31. The van der Waals surface area contributed by atoms with Crippen LogP contribution in [0.4, 0.5) is 5.13 Å². The van der Waals surface area contributed by atoms with E-state index in [1.165, 1.54) is 0 Å². The molecular formula is C14H15N7S. The minimum atomic E-state index is 0.432. The van der Waals surface area contributed by atoms with Gasteiger partial charge in [0.25, 0.3) is 0 Å². The minimum absolute atomic E-state index is 0.432. The smallest absolute Gasteiger partial charge is 0.208 e. The molecule has 0 unspecified atom stereocenters. The summed E-state index contributed by atoms with van der Waals surface area (Å²) in [6, 6.07) is 6.26. The number of hydrogen-bond acceptors (Lipinski definition) is 7. The zero-order valence-corrected chi connectivity index (χ0v) is 12.7. The number of anilines is 1. The fourth-order valence-corrected chi connectivity index (χ4v) is 3.54. The van der Waals surface area contributed by atoms with Crippen molar-refractivity contribution in [3.05, 3.63) is 37.1 Å². The second-order valence-corrected chi connectivity index (χ2v) is 6.15. The van der Waals surface area contributed by atoms with Crippen LogP contribution in [-0.2, 0) is 0 Å². The van der Waals surface area contributed by atoms with Crippen LogP contribution in [0, 0.1) is 0 Å². The molecule has 7 nitrogen and oxygen atoms in total. The first-order chi connectivity index (χ1) is 10.9. The highest BCUT2D eigenvalue weighted by atomic mass is 32.1. The molecule has 22 heavy (non-hydrogen) atoms. The summed E-state index contributed by atoms with van der Waals surface area (Å²) in [5, 5.41) is 14.7. The minimum Gasteiger partial charge on any atom is -0.346 e. The van der Waals surface area contributed by atoms with E-state index in [4.69, 9.17) is 0 Å². The third kappa shape index (κ3) is 2.57. The summed E-state index contributed by atoms with van der Waals surface area (Å²) in [4.78, 5) is 10.6. The van der Waals surface area contributed by atoms with Crippen molar-refractivity contribution in [3.63, 3.8) is 0 Å². The summed E-state index contributed by atoms with van der Waals surface area (Å²) in [5.74, 6) is 0. The van der Waals surface area contributed by atoms with Crippen LogP contribution in [0.25, 0.3) is 10.7 Å². The SMILES string of the molecule is c1ccc(-c2nnc(N3CCC(n4cncn4)CC3)s2)nc1. The van der Waals surface area contributed by atoms with Crippen molar-refractivity contribution in [2.24, 2.45) is 0 Å². The lowest BCUT2D eigenvalue weighted by atomic mass is 10.1. The predicted molar refractivity (Wildman–Crippen MR) is 83.6 cm³/mol. The molecule has 3 aromatic heterocycles. The van der Waals surface area contributed by atoms with Gasteiger partial charge in [0.15, 0.2) is 5.01 Å². The Morgan fingerprint density at radius 2 is 2.05 bits per heavy atom. The van der Waals surface area contributed by atoms with Gasteiger partial charge in [-0.3, -0.25) is 4.98 Å². The van der Waals surface area contributed by atoms with Gasteiger partial charge in [0.2, 0.25) is 5.13 Å². The average Bonchev–Trinajstić information content (AvgIpc) is 3.28. The molecule has 8 heteroatoms. The summed E-state index contributed by atoms with van der Waals surface area (Å²) < 4.78 is 1.96. The van der Waals surface area contributed by atoms with E-state index in [-0.39, 0.29) is 0 Å². The Kier molecular flexibility index (Phi) is 3.51. The molecule has 0 aliphatic carbocycles. The summed E-state index contributed by atoms with van der Waals surface area (Å²) in [6.45, 7) is 1.92. The van der Waals surface area contributed by atoms with Crippen LogP contribution in [-0.4, -0.2) is 43.0 Å². The normalized spacial score (nSPS) is 16.1. The van der Waals surface area contributed by atoms with E-state index in [1.807, 2.05) is 22.9 Å². The van der Waals surface area contributed by atoms with Crippen molar-refractivity contribution in [2.75, 3.05) is 18.0 Å². The van der Waals surface area contributed by atoms with Crippen molar-refractivity contribution in [1.82, 2.24) is 29.9 Å². The van der Waals surface area contributed by atoms with Gasteiger partial charge in [-0.25, -0.2) is 9.67 Å². The lowest BCUT2D eigenvalue weighted by Crippen LogP contribution is -2.34. The molecular weight excluding hydrogens is 298 g/mol. The number of aromatic nitrogens is 6. The topological polar surface area (TPSA) is 72.6 Å². The lowest BCUT2D eigenvalue weighted by molar-refractivity contribution is 0.366. The van der Waals surface area contributed by atoms with Crippen LogP contribution >= 0.6 is 11.3 Å². The third-order valence-corrected chi connectivity index (χ3v) is 4.85. The highest BCUT2D eigenvalue weighted by Gasteiger charge is 2.23. The van der Waals surface area contributed by atoms with Crippen LogP contribution in [0.3, 0.4) is 0 Å². The Hall–Kier alpha value is -2.35. The van der Waals surface area contributed by atoms with Gasteiger partial charge in [0.1, 0.15) is 18.3 Å². The Morgan fingerprint density at radius 1 is 1.14 bits per heavy atom. The maximum atomic E-state index is 4.32. The molecule has 3 aromatic rings. The molecule has 1 fully saturated rings. The molecule has 1 aliphatic rings. The van der Waals surface area contributed by atoms with Gasteiger partial charge in [-0.1, -0.05) is 17.4 Å². The average molecular weight is 313 g/mol. The number of pyridine rings is 1. The molecule has 0 atom stereocenters. The molecule has 1 saturated heterocycles. The van der Waals surface area contributed by atoms with Crippen LogP contribution in [0.5, 0.6) is 0 Å². The largest absolute Gasteiger partial charge is 0.346 e. The number of hydrogen-bond donors (Lipinski definition) is 0. The van der Waals surface area contributed by atoms with Crippen molar-refractivity contribution < 1.29 is 0 Å². The van der Waals surface area contributed by atoms with Crippen LogP contribution in [0.15, 0.2) is 37.1 Å². The van der Waals surface area contributed by atoms with E-state index < -0.39 is 0 Å². The number of piperidine rings is 1. The Bertz CT molecular complexity index is 717. The molecule has 0 amide bonds. The quantitative estimate of drug-likeness (QED) is 0.737. The summed E-state index contributed by atoms with van der Waals surface area (Å²) in [6.07, 6.45) is 7.25. The zero-order valence-electron chi connectivity index (χ0n) is 11.9. The molecule has 4 heterocycles. The van der Waals surface area contributed by atoms with Crippen LogP contribution in [0.2, 0.25) is 0 Å². The molecule has 0 saturated carbocycles. The second-order valence-electron chi connectivity index (χ2n) is 5.20. The molecule has 0 radical (unpaired) electrons. The molecule has 0 spiro atoms.